The van der Waals surface area contributed by atoms with E-state index in [-0.39, 0.29) is 27.2 Å². The summed E-state index contributed by atoms with van der Waals surface area (Å²) in [5.74, 6) is -1.19. The van der Waals surface area contributed by atoms with Crippen molar-refractivity contribution in [1.29, 1.82) is 0 Å². The molecule has 3 aromatic heterocycles. The highest BCUT2D eigenvalue weighted by Gasteiger charge is 2.21. The fourth-order valence-corrected chi connectivity index (χ4v) is 7.90. The molecule has 51 heavy (non-hydrogen) atoms. The molecule has 0 aliphatic heterocycles. The van der Waals surface area contributed by atoms with Gasteiger partial charge in [-0.05, 0) is 67.9 Å². The minimum absolute atomic E-state index is 0.0815. The molecule has 7 aromatic rings. The summed E-state index contributed by atoms with van der Waals surface area (Å²) in [6.07, 6.45) is 1.44. The summed E-state index contributed by atoms with van der Waals surface area (Å²) >= 11 is 7.76. The maximum absolute atomic E-state index is 14.3. The Labute approximate surface area is 301 Å². The third kappa shape index (κ3) is 6.56. The summed E-state index contributed by atoms with van der Waals surface area (Å²) in [5.41, 5.74) is 4.31. The lowest BCUT2D eigenvalue weighted by Crippen LogP contribution is -2.21. The van der Waals surface area contributed by atoms with Gasteiger partial charge in [0.25, 0.3) is 15.6 Å². The average Bonchev–Trinajstić information content (AvgIpc) is 3.70. The van der Waals surface area contributed by atoms with E-state index < -0.39 is 27.3 Å². The van der Waals surface area contributed by atoms with Crippen LogP contribution in [0.15, 0.2) is 123 Å². The maximum Gasteiger partial charge on any atom is 0.265 e. The van der Waals surface area contributed by atoms with E-state index in [2.05, 4.69) is 20.3 Å². The third-order valence-electron chi connectivity index (χ3n) is 8.54. The summed E-state index contributed by atoms with van der Waals surface area (Å²) in [6.45, 7) is 4.68. The Bertz CT molecular complexity index is 2670. The van der Waals surface area contributed by atoms with Crippen molar-refractivity contribution in [3.05, 3.63) is 152 Å². The van der Waals surface area contributed by atoms with Crippen LogP contribution in [-0.4, -0.2) is 33.9 Å². The maximum atomic E-state index is 14.3. The molecule has 0 atom stereocenters. The molecule has 0 saturated heterocycles. The number of hydrogen-bond donors (Lipinski definition) is 2. The molecule has 9 nitrogen and oxygen atoms in total. The van der Waals surface area contributed by atoms with Gasteiger partial charge in [0.15, 0.2) is 0 Å². The van der Waals surface area contributed by atoms with Crippen LogP contribution in [0.5, 0.6) is 5.88 Å². The molecule has 7 rings (SSSR count). The monoisotopic (exact) mass is 737 g/mol. The average molecular weight is 738 g/mol. The number of aromatic hydroxyl groups is 1. The highest BCUT2D eigenvalue weighted by Crippen LogP contribution is 2.33. The van der Waals surface area contributed by atoms with Crippen LogP contribution in [0.4, 0.5) is 15.2 Å². The second-order valence-electron chi connectivity index (χ2n) is 11.7. The Morgan fingerprint density at radius 2 is 1.69 bits per heavy atom. The van der Waals surface area contributed by atoms with Crippen LogP contribution < -0.4 is 10.3 Å². The number of sulfonamides is 1. The number of thiazole rings is 1. The molecule has 0 bridgehead atoms. The number of anilines is 1. The quantitative estimate of drug-likeness (QED) is 0.144. The van der Waals surface area contributed by atoms with E-state index in [9.17, 15) is 22.7 Å². The van der Waals surface area contributed by atoms with Crippen LogP contribution in [0.25, 0.3) is 27.7 Å². The highest BCUT2D eigenvalue weighted by atomic mass is 35.5. The van der Waals surface area contributed by atoms with E-state index in [0.29, 0.717) is 22.1 Å². The first-order chi connectivity index (χ1) is 24.5. The lowest BCUT2D eigenvalue weighted by molar-refractivity contribution is 0.436. The lowest BCUT2D eigenvalue weighted by atomic mass is 10.1. The van der Waals surface area contributed by atoms with Crippen molar-refractivity contribution in [2.75, 3.05) is 4.72 Å². The summed E-state index contributed by atoms with van der Waals surface area (Å²) in [5, 5.41) is 15.4. The largest absolute Gasteiger partial charge is 0.494 e. The van der Waals surface area contributed by atoms with Crippen LogP contribution in [0.1, 0.15) is 22.5 Å². The van der Waals surface area contributed by atoms with E-state index in [1.807, 2.05) is 43.5 Å². The molecule has 4 aromatic carbocycles. The van der Waals surface area contributed by atoms with Gasteiger partial charge >= 0.3 is 0 Å². The zero-order valence-corrected chi connectivity index (χ0v) is 29.6. The Balaban J connectivity index is 1.24. The number of aliphatic imine (C=N–C) groups is 1. The van der Waals surface area contributed by atoms with Crippen LogP contribution in [0, 0.1) is 19.7 Å². The molecular formula is C38H29ClFN5O4S2. The van der Waals surface area contributed by atoms with E-state index in [1.54, 1.807) is 24.3 Å². The highest BCUT2D eigenvalue weighted by molar-refractivity contribution is 7.92. The molecule has 0 saturated carbocycles. The molecule has 0 aliphatic rings. The molecule has 0 spiro atoms. The van der Waals surface area contributed by atoms with Gasteiger partial charge in [-0.1, -0.05) is 66.2 Å². The first-order valence-electron chi connectivity index (χ1n) is 15.7. The number of pyridine rings is 1. The SMILES string of the molecule is Cc1cc(-c2csc(/N=C/c3c(O)n(-c4cccc(S(=O)(=O)Nc5ccccc5F)c4)c(=O)c4ccccc34)n2)c(C)n1Cc1ccccc1Cl. The van der Waals surface area contributed by atoms with Crippen LogP contribution >= 0.6 is 22.9 Å². The Hall–Kier alpha value is -5.56. The van der Waals surface area contributed by atoms with Crippen molar-refractivity contribution in [2.24, 2.45) is 4.99 Å². The Morgan fingerprint density at radius 1 is 0.961 bits per heavy atom. The summed E-state index contributed by atoms with van der Waals surface area (Å²) in [6, 6.07) is 27.4. The standard InChI is InChI=1S/C38H29ClFN5O4S2/c1-23-18-30(24(2)44(23)21-25-10-3-6-15-32(25)39)35-22-50-38(42-35)41-20-31-28-13-4-5-14-29(28)36(46)45(37(31)47)26-11-9-12-27(19-26)51(48,49)43-34-17-8-7-16-33(34)40/h3-20,22,43,47H,21H2,1-2H3/b41-20+. The summed E-state index contributed by atoms with van der Waals surface area (Å²) in [7, 11) is -4.26. The van der Waals surface area contributed by atoms with Gasteiger partial charge in [-0.15, -0.1) is 11.3 Å². The second-order valence-corrected chi connectivity index (χ2v) is 14.7. The topological polar surface area (TPSA) is 119 Å². The second kappa shape index (κ2) is 13.6. The molecular weight excluding hydrogens is 709 g/mol. The fraction of sp³-hybridized carbons (Fsp3) is 0.0789. The predicted molar refractivity (Wildman–Crippen MR) is 201 cm³/mol. The number of fused-ring (bicyclic) bond motifs is 1. The van der Waals surface area contributed by atoms with Crippen molar-refractivity contribution in [3.8, 4) is 22.8 Å². The molecule has 256 valence electrons. The van der Waals surface area contributed by atoms with Crippen molar-refractivity contribution in [2.45, 2.75) is 25.3 Å². The van der Waals surface area contributed by atoms with Gasteiger partial charge in [-0.2, -0.15) is 0 Å². The van der Waals surface area contributed by atoms with Gasteiger partial charge in [0.05, 0.1) is 27.5 Å². The smallest absolute Gasteiger partial charge is 0.265 e. The zero-order chi connectivity index (χ0) is 35.9. The van der Waals surface area contributed by atoms with Gasteiger partial charge in [-0.25, -0.2) is 27.4 Å². The molecule has 0 radical (unpaired) electrons. The van der Waals surface area contributed by atoms with Crippen molar-refractivity contribution < 1.29 is 17.9 Å². The number of benzene rings is 4. The van der Waals surface area contributed by atoms with Crippen molar-refractivity contribution in [3.63, 3.8) is 0 Å². The van der Waals surface area contributed by atoms with Crippen LogP contribution in [0.2, 0.25) is 5.02 Å². The zero-order valence-electron chi connectivity index (χ0n) is 27.2. The number of para-hydroxylation sites is 1. The molecule has 0 amide bonds. The number of aryl methyl sites for hydroxylation is 1. The van der Waals surface area contributed by atoms with Crippen LogP contribution in [0.3, 0.4) is 0 Å². The fourth-order valence-electron chi connectivity index (χ4n) is 5.93. The number of nitrogens with one attached hydrogen (secondary N) is 1. The van der Waals surface area contributed by atoms with E-state index in [1.165, 1.54) is 60.0 Å². The molecule has 3 heterocycles. The normalized spacial score (nSPS) is 11.8. The van der Waals surface area contributed by atoms with E-state index in [4.69, 9.17) is 16.6 Å². The molecule has 13 heteroatoms. The minimum Gasteiger partial charge on any atom is -0.494 e. The molecule has 0 unspecified atom stereocenters. The summed E-state index contributed by atoms with van der Waals surface area (Å²) in [4.78, 5) is 22.9. The number of rotatable bonds is 9. The van der Waals surface area contributed by atoms with Crippen molar-refractivity contribution in [1.82, 2.24) is 14.1 Å². The number of halogens is 2. The molecule has 0 aliphatic carbocycles. The minimum atomic E-state index is -4.26. The van der Waals surface area contributed by atoms with Gasteiger partial charge in [0, 0.05) is 50.9 Å². The third-order valence-corrected chi connectivity index (χ3v) is 11.0. The summed E-state index contributed by atoms with van der Waals surface area (Å²) < 4.78 is 46.1. The Kier molecular flexibility index (Phi) is 9.06. The van der Waals surface area contributed by atoms with Crippen LogP contribution in [-0.2, 0) is 16.6 Å². The van der Waals surface area contributed by atoms with Gasteiger partial charge in [-0.3, -0.25) is 9.52 Å². The van der Waals surface area contributed by atoms with E-state index >= 15 is 0 Å². The first kappa shape index (κ1) is 33.9. The van der Waals surface area contributed by atoms with Gasteiger partial charge in [0.1, 0.15) is 5.82 Å². The lowest BCUT2D eigenvalue weighted by Gasteiger charge is -2.15. The number of nitrogens with zero attached hydrogens (tertiary/aromatic N) is 4. The van der Waals surface area contributed by atoms with Crippen molar-refractivity contribution >= 4 is 60.8 Å². The van der Waals surface area contributed by atoms with Gasteiger partial charge in [0.2, 0.25) is 11.0 Å². The first-order valence-corrected chi connectivity index (χ1v) is 18.4. The number of aromatic nitrogens is 3. The predicted octanol–water partition coefficient (Wildman–Crippen LogP) is 8.63. The number of hydrogen-bond acceptors (Lipinski definition) is 7. The molecule has 2 N–H and O–H groups in total. The van der Waals surface area contributed by atoms with Gasteiger partial charge < -0.3 is 9.67 Å². The van der Waals surface area contributed by atoms with E-state index in [0.717, 1.165) is 38.8 Å². The Morgan fingerprint density at radius 3 is 2.47 bits per heavy atom. The molecule has 0 fully saturated rings.